The van der Waals surface area contributed by atoms with Gasteiger partial charge < -0.3 is 10.4 Å². The predicted octanol–water partition coefficient (Wildman–Crippen LogP) is 3.43. The van der Waals surface area contributed by atoms with Crippen LogP contribution in [0.3, 0.4) is 0 Å². The summed E-state index contributed by atoms with van der Waals surface area (Å²) in [5.41, 5.74) is -0.145. The fraction of sp³-hybridized carbons (Fsp3) is 0.286. The van der Waals surface area contributed by atoms with E-state index in [-0.39, 0.29) is 34.0 Å². The molecule has 0 radical (unpaired) electrons. The van der Waals surface area contributed by atoms with Gasteiger partial charge in [-0.1, -0.05) is 0 Å². The normalized spacial score (nSPS) is 10.8. The van der Waals surface area contributed by atoms with E-state index in [1.54, 1.807) is 0 Å². The molecule has 0 atom stereocenters. The Morgan fingerprint density at radius 2 is 1.91 bits per heavy atom. The van der Waals surface area contributed by atoms with E-state index < -0.39 is 17.5 Å². The lowest BCUT2D eigenvalue weighted by atomic mass is 10.2. The Morgan fingerprint density at radius 1 is 1.18 bits per heavy atom. The molecular weight excluding hydrogens is 363 g/mol. The number of aliphatic hydroxyl groups excluding tert-OH is 1. The Morgan fingerprint density at radius 3 is 2.59 bits per heavy atom. The van der Waals surface area contributed by atoms with Crippen molar-refractivity contribution < 1.29 is 18.3 Å². The SMILES string of the molecule is Cc1nc(-c2cc(F)c(Br)cc2F)nc(NCCCO)c1F. The molecular formula is C14H13BrF3N3O. The summed E-state index contributed by atoms with van der Waals surface area (Å²) >= 11 is 2.88. The third kappa shape index (κ3) is 3.56. The average Bonchev–Trinajstić information content (AvgIpc) is 2.47. The minimum absolute atomic E-state index is 0.0132. The van der Waals surface area contributed by atoms with E-state index in [1.807, 2.05) is 0 Å². The average molecular weight is 376 g/mol. The highest BCUT2D eigenvalue weighted by Gasteiger charge is 2.17. The first-order valence-electron chi connectivity index (χ1n) is 6.47. The summed E-state index contributed by atoms with van der Waals surface area (Å²) in [7, 11) is 0. The zero-order chi connectivity index (χ0) is 16.3. The Kier molecular flexibility index (Phi) is 5.36. The van der Waals surface area contributed by atoms with Crippen molar-refractivity contribution in [2.24, 2.45) is 0 Å². The maximum Gasteiger partial charge on any atom is 0.186 e. The molecule has 22 heavy (non-hydrogen) atoms. The van der Waals surface area contributed by atoms with Crippen LogP contribution in [0.2, 0.25) is 0 Å². The molecule has 2 N–H and O–H groups in total. The van der Waals surface area contributed by atoms with Gasteiger partial charge in [-0.3, -0.25) is 0 Å². The number of aliphatic hydroxyl groups is 1. The van der Waals surface area contributed by atoms with Crippen LogP contribution in [0.25, 0.3) is 11.4 Å². The number of anilines is 1. The minimum Gasteiger partial charge on any atom is -0.396 e. The first kappa shape index (κ1) is 16.7. The van der Waals surface area contributed by atoms with E-state index in [0.717, 1.165) is 12.1 Å². The summed E-state index contributed by atoms with van der Waals surface area (Å²) in [5.74, 6) is -2.29. The van der Waals surface area contributed by atoms with Crippen molar-refractivity contribution in [3.8, 4) is 11.4 Å². The number of nitrogens with one attached hydrogen (secondary N) is 1. The molecule has 2 aromatic rings. The number of benzene rings is 1. The molecule has 0 spiro atoms. The number of nitrogens with zero attached hydrogens (tertiary/aromatic N) is 2. The number of rotatable bonds is 5. The first-order valence-corrected chi connectivity index (χ1v) is 7.27. The van der Waals surface area contributed by atoms with Crippen LogP contribution in [-0.4, -0.2) is 28.2 Å². The van der Waals surface area contributed by atoms with Crippen molar-refractivity contribution in [2.45, 2.75) is 13.3 Å². The molecule has 0 saturated carbocycles. The molecule has 4 nitrogen and oxygen atoms in total. The van der Waals surface area contributed by atoms with Crippen LogP contribution in [0.4, 0.5) is 19.0 Å². The van der Waals surface area contributed by atoms with Crippen LogP contribution in [0.15, 0.2) is 16.6 Å². The molecule has 118 valence electrons. The maximum atomic E-state index is 14.0. The summed E-state index contributed by atoms with van der Waals surface area (Å²) in [6.07, 6.45) is 0.402. The molecule has 0 bridgehead atoms. The third-order valence-corrected chi connectivity index (χ3v) is 3.50. The highest BCUT2D eigenvalue weighted by molar-refractivity contribution is 9.10. The smallest absolute Gasteiger partial charge is 0.186 e. The van der Waals surface area contributed by atoms with Gasteiger partial charge in [-0.05, 0) is 41.4 Å². The molecule has 1 aromatic carbocycles. The molecule has 8 heteroatoms. The molecule has 0 unspecified atom stereocenters. The van der Waals surface area contributed by atoms with Gasteiger partial charge in [0.1, 0.15) is 11.6 Å². The molecule has 2 rings (SSSR count). The maximum absolute atomic E-state index is 14.0. The van der Waals surface area contributed by atoms with Crippen molar-refractivity contribution in [1.82, 2.24) is 9.97 Å². The summed E-state index contributed by atoms with van der Waals surface area (Å²) in [6.45, 7) is 1.64. The lowest BCUT2D eigenvalue weighted by Gasteiger charge is -2.10. The van der Waals surface area contributed by atoms with Gasteiger partial charge in [-0.15, -0.1) is 0 Å². The third-order valence-electron chi connectivity index (χ3n) is 2.90. The van der Waals surface area contributed by atoms with E-state index in [2.05, 4.69) is 31.2 Å². The zero-order valence-electron chi connectivity index (χ0n) is 11.6. The van der Waals surface area contributed by atoms with Crippen LogP contribution >= 0.6 is 15.9 Å². The Hall–Kier alpha value is -1.67. The van der Waals surface area contributed by atoms with Crippen LogP contribution in [-0.2, 0) is 0 Å². The van der Waals surface area contributed by atoms with Crippen molar-refractivity contribution >= 4 is 21.7 Å². The van der Waals surface area contributed by atoms with Crippen molar-refractivity contribution in [3.05, 3.63) is 39.8 Å². The predicted molar refractivity (Wildman–Crippen MR) is 80.0 cm³/mol. The second kappa shape index (κ2) is 7.06. The van der Waals surface area contributed by atoms with Crippen LogP contribution in [0.1, 0.15) is 12.1 Å². The van der Waals surface area contributed by atoms with Gasteiger partial charge in [0.2, 0.25) is 0 Å². The van der Waals surface area contributed by atoms with E-state index in [1.165, 1.54) is 6.92 Å². The van der Waals surface area contributed by atoms with Gasteiger partial charge in [0.25, 0.3) is 0 Å². The van der Waals surface area contributed by atoms with Gasteiger partial charge >= 0.3 is 0 Å². The summed E-state index contributed by atoms with van der Waals surface area (Å²) in [4.78, 5) is 7.77. The number of aromatic nitrogens is 2. The summed E-state index contributed by atoms with van der Waals surface area (Å²) < 4.78 is 41.5. The van der Waals surface area contributed by atoms with E-state index in [0.29, 0.717) is 13.0 Å². The van der Waals surface area contributed by atoms with Gasteiger partial charge in [-0.2, -0.15) is 0 Å². The van der Waals surface area contributed by atoms with Crippen LogP contribution in [0.5, 0.6) is 0 Å². The molecule has 0 saturated heterocycles. The summed E-state index contributed by atoms with van der Waals surface area (Å²) in [5, 5.41) is 11.4. The van der Waals surface area contributed by atoms with Crippen molar-refractivity contribution in [1.29, 1.82) is 0 Å². The lowest BCUT2D eigenvalue weighted by Crippen LogP contribution is -2.10. The number of hydrogen-bond acceptors (Lipinski definition) is 4. The first-order chi connectivity index (χ1) is 10.4. The van der Waals surface area contributed by atoms with Gasteiger partial charge in [0.05, 0.1) is 15.7 Å². The zero-order valence-corrected chi connectivity index (χ0v) is 13.2. The Labute approximate surface area is 133 Å². The second-order valence-corrected chi connectivity index (χ2v) is 5.40. The summed E-state index contributed by atoms with van der Waals surface area (Å²) in [6, 6.07) is 1.91. The van der Waals surface area contributed by atoms with Crippen LogP contribution < -0.4 is 5.32 Å². The monoisotopic (exact) mass is 375 g/mol. The molecule has 0 aliphatic heterocycles. The second-order valence-electron chi connectivity index (χ2n) is 4.55. The van der Waals surface area contributed by atoms with E-state index >= 15 is 0 Å². The molecule has 0 aliphatic carbocycles. The Bertz CT molecular complexity index is 698. The van der Waals surface area contributed by atoms with E-state index in [4.69, 9.17) is 5.11 Å². The molecule has 0 aliphatic rings. The molecule has 0 fully saturated rings. The number of hydrogen-bond donors (Lipinski definition) is 2. The van der Waals surface area contributed by atoms with Gasteiger partial charge in [0.15, 0.2) is 17.5 Å². The highest BCUT2D eigenvalue weighted by atomic mass is 79.9. The fourth-order valence-electron chi connectivity index (χ4n) is 1.78. The Balaban J connectivity index is 2.45. The fourth-order valence-corrected chi connectivity index (χ4v) is 2.09. The number of halogens is 4. The van der Waals surface area contributed by atoms with Crippen LogP contribution in [0, 0.1) is 24.4 Å². The van der Waals surface area contributed by atoms with Gasteiger partial charge in [-0.25, -0.2) is 23.1 Å². The highest BCUT2D eigenvalue weighted by Crippen LogP contribution is 2.27. The van der Waals surface area contributed by atoms with Crippen molar-refractivity contribution in [2.75, 3.05) is 18.5 Å². The standard InChI is InChI=1S/C14H13BrF3N3O/c1-7-12(18)14(19-3-2-4-22)21-13(20-7)8-5-11(17)9(15)6-10(8)16/h5-6,22H,2-4H2,1H3,(H,19,20,21). The molecule has 1 aromatic heterocycles. The quantitative estimate of drug-likeness (QED) is 0.620. The minimum atomic E-state index is -0.722. The van der Waals surface area contributed by atoms with Crippen molar-refractivity contribution in [3.63, 3.8) is 0 Å². The molecule has 0 amide bonds. The van der Waals surface area contributed by atoms with E-state index in [9.17, 15) is 13.2 Å². The lowest BCUT2D eigenvalue weighted by molar-refractivity contribution is 0.292. The number of aryl methyl sites for hydroxylation is 1. The van der Waals surface area contributed by atoms with Gasteiger partial charge in [0, 0.05) is 13.2 Å². The topological polar surface area (TPSA) is 58.0 Å². The largest absolute Gasteiger partial charge is 0.396 e. The molecule has 1 heterocycles.